The number of para-hydroxylation sites is 1. The van der Waals surface area contributed by atoms with Gasteiger partial charge < -0.3 is 10.2 Å². The number of benzene rings is 2. The van der Waals surface area contributed by atoms with E-state index in [-0.39, 0.29) is 12.5 Å². The lowest BCUT2D eigenvalue weighted by molar-refractivity contribution is -0.140. The van der Waals surface area contributed by atoms with Crippen molar-refractivity contribution in [3.63, 3.8) is 0 Å². The molecule has 174 valence electrons. The van der Waals surface area contributed by atoms with Gasteiger partial charge in [-0.3, -0.25) is 13.9 Å². The lowest BCUT2D eigenvalue weighted by Crippen LogP contribution is -2.52. The van der Waals surface area contributed by atoms with Gasteiger partial charge in [-0.25, -0.2) is 8.42 Å². The topological polar surface area (TPSA) is 86.8 Å². The highest BCUT2D eigenvalue weighted by atomic mass is 79.9. The normalized spacial score (nSPS) is 12.2. The molecular formula is C23H30BrN3O4S. The summed E-state index contributed by atoms with van der Waals surface area (Å²) in [5.41, 5.74) is 2.27. The van der Waals surface area contributed by atoms with E-state index in [1.165, 1.54) is 4.90 Å². The van der Waals surface area contributed by atoms with E-state index in [2.05, 4.69) is 21.2 Å². The van der Waals surface area contributed by atoms with Gasteiger partial charge in [-0.15, -0.1) is 0 Å². The summed E-state index contributed by atoms with van der Waals surface area (Å²) in [4.78, 5) is 27.7. The number of carbonyl (C=O) groups excluding carboxylic acids is 2. The highest BCUT2D eigenvalue weighted by Gasteiger charge is 2.32. The molecule has 0 heterocycles. The maximum absolute atomic E-state index is 13.5. The standard InChI is InChI=1S/C23H30BrN3O4S/c1-5-20(23(29)25-6-2)26(15-18-11-9-10-17(3)14-18)22(28)16-27(32(4,30)31)21-13-8-7-12-19(21)24/h7-14,20H,5-6,15-16H2,1-4H3,(H,25,29). The van der Waals surface area contributed by atoms with Gasteiger partial charge in [-0.1, -0.05) is 48.9 Å². The maximum Gasteiger partial charge on any atom is 0.244 e. The van der Waals surface area contributed by atoms with E-state index >= 15 is 0 Å². The third-order valence-electron chi connectivity index (χ3n) is 4.97. The predicted molar refractivity (Wildman–Crippen MR) is 131 cm³/mol. The second kappa shape index (κ2) is 11.5. The number of carbonyl (C=O) groups is 2. The quantitative estimate of drug-likeness (QED) is 0.516. The zero-order valence-electron chi connectivity index (χ0n) is 18.8. The molecule has 2 aromatic rings. The highest BCUT2D eigenvalue weighted by Crippen LogP contribution is 2.28. The summed E-state index contributed by atoms with van der Waals surface area (Å²) < 4.78 is 26.8. The van der Waals surface area contributed by atoms with Gasteiger partial charge in [0.1, 0.15) is 12.6 Å². The summed E-state index contributed by atoms with van der Waals surface area (Å²) in [6.45, 7) is 5.82. The molecule has 0 aliphatic rings. The maximum atomic E-state index is 13.5. The van der Waals surface area contributed by atoms with Crippen LogP contribution in [0.25, 0.3) is 0 Å². The second-order valence-corrected chi connectivity index (χ2v) is 10.3. The number of halogens is 1. The molecular weight excluding hydrogens is 494 g/mol. The van der Waals surface area contributed by atoms with E-state index in [0.29, 0.717) is 23.1 Å². The van der Waals surface area contributed by atoms with Gasteiger partial charge in [-0.05, 0) is 53.9 Å². The molecule has 0 fully saturated rings. The molecule has 0 aliphatic carbocycles. The third kappa shape index (κ3) is 6.80. The smallest absolute Gasteiger partial charge is 0.244 e. The number of likely N-dealkylation sites (N-methyl/N-ethyl adjacent to an activating group) is 1. The molecule has 0 spiro atoms. The first kappa shape index (κ1) is 25.9. The van der Waals surface area contributed by atoms with Crippen LogP contribution < -0.4 is 9.62 Å². The van der Waals surface area contributed by atoms with E-state index in [1.807, 2.05) is 45.0 Å². The molecule has 1 atom stereocenters. The first-order chi connectivity index (χ1) is 15.1. The average molecular weight is 524 g/mol. The van der Waals surface area contributed by atoms with Crippen LogP contribution in [0.15, 0.2) is 53.0 Å². The van der Waals surface area contributed by atoms with Crippen LogP contribution in [0.4, 0.5) is 5.69 Å². The van der Waals surface area contributed by atoms with Crippen molar-refractivity contribution in [3.8, 4) is 0 Å². The van der Waals surface area contributed by atoms with Crippen LogP contribution >= 0.6 is 15.9 Å². The Bertz CT molecular complexity index is 1060. The van der Waals surface area contributed by atoms with Crippen LogP contribution in [0.2, 0.25) is 0 Å². The SMILES string of the molecule is CCNC(=O)C(CC)N(Cc1cccc(C)c1)C(=O)CN(c1ccccc1Br)S(C)(=O)=O. The van der Waals surface area contributed by atoms with Gasteiger partial charge in [0, 0.05) is 17.6 Å². The van der Waals surface area contributed by atoms with Gasteiger partial charge >= 0.3 is 0 Å². The van der Waals surface area contributed by atoms with Crippen molar-refractivity contribution in [3.05, 3.63) is 64.1 Å². The van der Waals surface area contributed by atoms with Crippen molar-refractivity contribution < 1.29 is 18.0 Å². The number of aryl methyl sites for hydroxylation is 1. The lowest BCUT2D eigenvalue weighted by atomic mass is 10.1. The van der Waals surface area contributed by atoms with E-state index in [9.17, 15) is 18.0 Å². The van der Waals surface area contributed by atoms with Crippen LogP contribution in [0.5, 0.6) is 0 Å². The van der Waals surface area contributed by atoms with Gasteiger partial charge in [0.25, 0.3) is 0 Å². The molecule has 32 heavy (non-hydrogen) atoms. The van der Waals surface area contributed by atoms with Crippen molar-refractivity contribution in [1.82, 2.24) is 10.2 Å². The number of sulfonamides is 1. The average Bonchev–Trinajstić information content (AvgIpc) is 2.72. The zero-order valence-corrected chi connectivity index (χ0v) is 21.2. The first-order valence-electron chi connectivity index (χ1n) is 10.4. The summed E-state index contributed by atoms with van der Waals surface area (Å²) >= 11 is 3.37. The van der Waals surface area contributed by atoms with Crippen molar-refractivity contribution >= 4 is 43.5 Å². The molecule has 1 N–H and O–H groups in total. The van der Waals surface area contributed by atoms with Crippen LogP contribution in [-0.2, 0) is 26.2 Å². The molecule has 0 saturated carbocycles. The number of hydrogen-bond acceptors (Lipinski definition) is 4. The van der Waals surface area contributed by atoms with Crippen molar-refractivity contribution in [2.24, 2.45) is 0 Å². The number of nitrogens with one attached hydrogen (secondary N) is 1. The molecule has 0 bridgehead atoms. The Morgan fingerprint density at radius 2 is 1.78 bits per heavy atom. The predicted octanol–water partition coefficient (Wildman–Crippen LogP) is 3.47. The Morgan fingerprint density at radius 1 is 1.09 bits per heavy atom. The lowest BCUT2D eigenvalue weighted by Gasteiger charge is -2.33. The van der Waals surface area contributed by atoms with Crippen molar-refractivity contribution in [1.29, 1.82) is 0 Å². The Labute approximate surface area is 199 Å². The van der Waals surface area contributed by atoms with Gasteiger partial charge in [0.05, 0.1) is 11.9 Å². The Hall–Kier alpha value is -2.39. The summed E-state index contributed by atoms with van der Waals surface area (Å²) in [5, 5.41) is 2.78. The second-order valence-electron chi connectivity index (χ2n) is 7.55. The fraction of sp³-hybridized carbons (Fsp3) is 0.391. The minimum absolute atomic E-state index is 0.198. The summed E-state index contributed by atoms with van der Waals surface area (Å²) in [7, 11) is -3.76. The zero-order chi connectivity index (χ0) is 23.9. The van der Waals surface area contributed by atoms with Gasteiger partial charge in [0.2, 0.25) is 21.8 Å². The largest absolute Gasteiger partial charge is 0.355 e. The van der Waals surface area contributed by atoms with Crippen LogP contribution in [-0.4, -0.2) is 50.5 Å². The molecule has 0 aromatic heterocycles. The van der Waals surface area contributed by atoms with Crippen LogP contribution in [0.1, 0.15) is 31.4 Å². The fourth-order valence-corrected chi connectivity index (χ4v) is 4.95. The van der Waals surface area contributed by atoms with E-state index in [4.69, 9.17) is 0 Å². The molecule has 9 heteroatoms. The summed E-state index contributed by atoms with van der Waals surface area (Å²) in [6.07, 6.45) is 1.46. The molecule has 0 aliphatic heterocycles. The molecule has 1 unspecified atom stereocenters. The monoisotopic (exact) mass is 523 g/mol. The Morgan fingerprint density at radius 3 is 2.34 bits per heavy atom. The van der Waals surface area contributed by atoms with Gasteiger partial charge in [-0.2, -0.15) is 0 Å². The third-order valence-corrected chi connectivity index (χ3v) is 6.77. The molecule has 2 rings (SSSR count). The number of rotatable bonds is 10. The Kier molecular flexibility index (Phi) is 9.27. The molecule has 2 amide bonds. The molecule has 0 saturated heterocycles. The van der Waals surface area contributed by atoms with E-state index in [0.717, 1.165) is 21.7 Å². The van der Waals surface area contributed by atoms with Crippen LogP contribution in [0, 0.1) is 6.92 Å². The summed E-state index contributed by atoms with van der Waals surface area (Å²) in [5.74, 6) is -0.714. The van der Waals surface area contributed by atoms with Gasteiger partial charge in [0.15, 0.2) is 0 Å². The van der Waals surface area contributed by atoms with Crippen molar-refractivity contribution in [2.45, 2.75) is 39.8 Å². The summed E-state index contributed by atoms with van der Waals surface area (Å²) in [6, 6.07) is 13.8. The Balaban J connectivity index is 2.45. The number of amides is 2. The molecule has 0 radical (unpaired) electrons. The van der Waals surface area contributed by atoms with Crippen LogP contribution in [0.3, 0.4) is 0 Å². The molecule has 2 aromatic carbocycles. The van der Waals surface area contributed by atoms with E-state index < -0.39 is 28.5 Å². The van der Waals surface area contributed by atoms with Crippen molar-refractivity contribution in [2.75, 3.05) is 23.7 Å². The minimum atomic E-state index is -3.76. The fourth-order valence-electron chi connectivity index (χ4n) is 3.47. The first-order valence-corrected chi connectivity index (χ1v) is 13.1. The number of hydrogen-bond donors (Lipinski definition) is 1. The number of nitrogens with zero attached hydrogens (tertiary/aromatic N) is 2. The number of anilines is 1. The van der Waals surface area contributed by atoms with E-state index in [1.54, 1.807) is 24.3 Å². The highest BCUT2D eigenvalue weighted by molar-refractivity contribution is 9.10. The molecule has 7 nitrogen and oxygen atoms in total. The minimum Gasteiger partial charge on any atom is -0.355 e.